The zero-order valence-corrected chi connectivity index (χ0v) is 13.6. The summed E-state index contributed by atoms with van der Waals surface area (Å²) in [6.07, 6.45) is 2.36. The van der Waals surface area contributed by atoms with Gasteiger partial charge in [0.2, 0.25) is 0 Å². The van der Waals surface area contributed by atoms with Gasteiger partial charge in [0, 0.05) is 25.7 Å². The Morgan fingerprint density at radius 2 is 2.08 bits per heavy atom. The second kappa shape index (κ2) is 7.65. The standard InChI is InChI=1S/C18H19F2N3O2/c19-18(20)7-9-23(17(24)16-6-8-21-13-22-16)10-15(18)12-25-11-14-4-2-1-3-5-14/h1-6,8,13,15H,7,9-12H2. The van der Waals surface area contributed by atoms with E-state index in [1.54, 1.807) is 0 Å². The summed E-state index contributed by atoms with van der Waals surface area (Å²) in [5, 5.41) is 0. The topological polar surface area (TPSA) is 55.3 Å². The first-order valence-corrected chi connectivity index (χ1v) is 8.11. The van der Waals surface area contributed by atoms with Crippen LogP contribution in [0.1, 0.15) is 22.5 Å². The Balaban J connectivity index is 1.60. The number of benzene rings is 1. The van der Waals surface area contributed by atoms with Crippen LogP contribution in [0.3, 0.4) is 0 Å². The van der Waals surface area contributed by atoms with Crippen LogP contribution in [-0.4, -0.2) is 46.4 Å². The molecule has 1 aromatic carbocycles. The highest BCUT2D eigenvalue weighted by Crippen LogP contribution is 2.34. The summed E-state index contributed by atoms with van der Waals surface area (Å²) in [4.78, 5) is 21.5. The lowest BCUT2D eigenvalue weighted by Crippen LogP contribution is -2.51. The van der Waals surface area contributed by atoms with Gasteiger partial charge in [0.1, 0.15) is 12.0 Å². The first kappa shape index (κ1) is 17.4. The molecular formula is C18H19F2N3O2. The van der Waals surface area contributed by atoms with Gasteiger partial charge in [0.25, 0.3) is 11.8 Å². The van der Waals surface area contributed by atoms with Crippen molar-refractivity contribution >= 4 is 5.91 Å². The van der Waals surface area contributed by atoms with E-state index < -0.39 is 11.8 Å². The van der Waals surface area contributed by atoms with Gasteiger partial charge < -0.3 is 9.64 Å². The predicted octanol–water partition coefficient (Wildman–Crippen LogP) is 2.79. The van der Waals surface area contributed by atoms with Gasteiger partial charge in [-0.05, 0) is 11.6 Å². The molecule has 2 aromatic rings. The molecule has 5 nitrogen and oxygen atoms in total. The Kier molecular flexibility index (Phi) is 5.33. The maximum absolute atomic E-state index is 14.2. The smallest absolute Gasteiger partial charge is 0.272 e. The SMILES string of the molecule is O=C(c1ccncn1)N1CCC(F)(F)C(COCc2ccccc2)C1. The minimum atomic E-state index is -2.85. The molecule has 0 N–H and O–H groups in total. The van der Waals surface area contributed by atoms with Crippen LogP contribution in [0, 0.1) is 5.92 Å². The number of piperidine rings is 1. The van der Waals surface area contributed by atoms with Crippen LogP contribution >= 0.6 is 0 Å². The number of carbonyl (C=O) groups excluding carboxylic acids is 1. The molecule has 0 spiro atoms. The Morgan fingerprint density at radius 1 is 1.28 bits per heavy atom. The number of aromatic nitrogens is 2. The number of alkyl halides is 2. The monoisotopic (exact) mass is 347 g/mol. The predicted molar refractivity (Wildman–Crippen MR) is 87.1 cm³/mol. The molecule has 1 fully saturated rings. The van der Waals surface area contributed by atoms with Crippen LogP contribution in [-0.2, 0) is 11.3 Å². The van der Waals surface area contributed by atoms with E-state index in [0.717, 1.165) is 5.56 Å². The van der Waals surface area contributed by atoms with Crippen LogP contribution in [0.4, 0.5) is 8.78 Å². The Bertz CT molecular complexity index is 698. The highest BCUT2D eigenvalue weighted by atomic mass is 19.3. The number of rotatable bonds is 5. The molecule has 132 valence electrons. The fraction of sp³-hybridized carbons (Fsp3) is 0.389. The highest BCUT2D eigenvalue weighted by Gasteiger charge is 2.45. The molecule has 1 aliphatic heterocycles. The Hall–Kier alpha value is -2.41. The number of carbonyl (C=O) groups is 1. The average Bonchev–Trinajstić information content (AvgIpc) is 2.64. The van der Waals surface area contributed by atoms with E-state index >= 15 is 0 Å². The number of likely N-dealkylation sites (tertiary alicyclic amines) is 1. The van der Waals surface area contributed by atoms with Crippen LogP contribution in [0.15, 0.2) is 48.9 Å². The number of hydrogen-bond donors (Lipinski definition) is 0. The molecule has 1 atom stereocenters. The van der Waals surface area contributed by atoms with Crippen molar-refractivity contribution in [3.63, 3.8) is 0 Å². The van der Waals surface area contributed by atoms with Gasteiger partial charge in [0.05, 0.1) is 19.1 Å². The number of hydrogen-bond acceptors (Lipinski definition) is 4. The van der Waals surface area contributed by atoms with Crippen molar-refractivity contribution in [3.8, 4) is 0 Å². The van der Waals surface area contributed by atoms with Crippen molar-refractivity contribution in [3.05, 3.63) is 60.2 Å². The number of nitrogens with zero attached hydrogens (tertiary/aromatic N) is 3. The third kappa shape index (κ3) is 4.36. The fourth-order valence-corrected chi connectivity index (χ4v) is 2.81. The first-order chi connectivity index (χ1) is 12.1. The van der Waals surface area contributed by atoms with Gasteiger partial charge >= 0.3 is 0 Å². The summed E-state index contributed by atoms with van der Waals surface area (Å²) in [7, 11) is 0. The summed E-state index contributed by atoms with van der Waals surface area (Å²) in [6, 6.07) is 10.9. The van der Waals surface area contributed by atoms with E-state index in [4.69, 9.17) is 4.74 Å². The quantitative estimate of drug-likeness (QED) is 0.835. The molecule has 0 bridgehead atoms. The number of amides is 1. The van der Waals surface area contributed by atoms with E-state index in [1.807, 2.05) is 30.3 Å². The number of halogens is 2. The lowest BCUT2D eigenvalue weighted by Gasteiger charge is -2.38. The molecule has 25 heavy (non-hydrogen) atoms. The summed E-state index contributed by atoms with van der Waals surface area (Å²) < 4.78 is 33.9. The molecule has 7 heteroatoms. The van der Waals surface area contributed by atoms with Crippen LogP contribution in [0.25, 0.3) is 0 Å². The zero-order valence-electron chi connectivity index (χ0n) is 13.6. The minimum Gasteiger partial charge on any atom is -0.376 e. The second-order valence-corrected chi connectivity index (χ2v) is 6.05. The third-order valence-electron chi connectivity index (χ3n) is 4.27. The lowest BCUT2D eigenvalue weighted by molar-refractivity contribution is -0.124. The zero-order chi connectivity index (χ0) is 17.7. The molecule has 0 aliphatic carbocycles. The molecule has 1 saturated heterocycles. The molecule has 1 unspecified atom stereocenters. The van der Waals surface area contributed by atoms with E-state index in [1.165, 1.54) is 23.5 Å². The van der Waals surface area contributed by atoms with Crippen LogP contribution in [0.5, 0.6) is 0 Å². The average molecular weight is 347 g/mol. The lowest BCUT2D eigenvalue weighted by atomic mass is 9.94. The third-order valence-corrected chi connectivity index (χ3v) is 4.27. The highest BCUT2D eigenvalue weighted by molar-refractivity contribution is 5.92. The van der Waals surface area contributed by atoms with Crippen LogP contribution < -0.4 is 0 Å². The van der Waals surface area contributed by atoms with Crippen molar-refractivity contribution < 1.29 is 18.3 Å². The first-order valence-electron chi connectivity index (χ1n) is 8.11. The van der Waals surface area contributed by atoms with Gasteiger partial charge in [-0.3, -0.25) is 4.79 Å². The van der Waals surface area contributed by atoms with Crippen LogP contribution in [0.2, 0.25) is 0 Å². The molecule has 2 heterocycles. The maximum Gasteiger partial charge on any atom is 0.272 e. The van der Waals surface area contributed by atoms with Gasteiger partial charge in [-0.1, -0.05) is 30.3 Å². The molecule has 0 saturated carbocycles. The van der Waals surface area contributed by atoms with Gasteiger partial charge in [-0.2, -0.15) is 0 Å². The normalized spacial score (nSPS) is 19.6. The number of ether oxygens (including phenoxy) is 1. The van der Waals surface area contributed by atoms with E-state index in [9.17, 15) is 13.6 Å². The summed E-state index contributed by atoms with van der Waals surface area (Å²) in [5.74, 6) is -4.24. The largest absolute Gasteiger partial charge is 0.376 e. The van der Waals surface area contributed by atoms with E-state index in [2.05, 4.69) is 9.97 Å². The van der Waals surface area contributed by atoms with Crippen molar-refractivity contribution in [1.29, 1.82) is 0 Å². The molecule has 1 aliphatic rings. The molecule has 1 aromatic heterocycles. The summed E-state index contributed by atoms with van der Waals surface area (Å²) >= 11 is 0. The molecule has 1 amide bonds. The molecular weight excluding hydrogens is 328 g/mol. The van der Waals surface area contributed by atoms with Crippen molar-refractivity contribution in [2.24, 2.45) is 5.92 Å². The van der Waals surface area contributed by atoms with Crippen molar-refractivity contribution in [2.45, 2.75) is 19.0 Å². The maximum atomic E-state index is 14.2. The van der Waals surface area contributed by atoms with Crippen molar-refractivity contribution in [2.75, 3.05) is 19.7 Å². The van der Waals surface area contributed by atoms with E-state index in [-0.39, 0.29) is 44.3 Å². The Morgan fingerprint density at radius 3 is 2.80 bits per heavy atom. The van der Waals surface area contributed by atoms with Gasteiger partial charge in [-0.25, -0.2) is 18.7 Å². The van der Waals surface area contributed by atoms with Crippen molar-refractivity contribution in [1.82, 2.24) is 14.9 Å². The molecule has 0 radical (unpaired) electrons. The summed E-state index contributed by atoms with van der Waals surface area (Å²) in [5.41, 5.74) is 1.14. The fourth-order valence-electron chi connectivity index (χ4n) is 2.81. The minimum absolute atomic E-state index is 0.00498. The second-order valence-electron chi connectivity index (χ2n) is 6.05. The van der Waals surface area contributed by atoms with E-state index in [0.29, 0.717) is 0 Å². The summed E-state index contributed by atoms with van der Waals surface area (Å²) in [6.45, 7) is 0.123. The van der Waals surface area contributed by atoms with Gasteiger partial charge in [0.15, 0.2) is 0 Å². The Labute approximate surface area is 144 Å². The van der Waals surface area contributed by atoms with Gasteiger partial charge in [-0.15, -0.1) is 0 Å². The molecule has 3 rings (SSSR count).